The van der Waals surface area contributed by atoms with E-state index in [2.05, 4.69) is 5.32 Å². The topological polar surface area (TPSA) is 72.2 Å². The number of benzene rings is 1. The molecule has 0 atom stereocenters. The van der Waals surface area contributed by atoms with Gasteiger partial charge in [-0.05, 0) is 23.3 Å². The zero-order valence-electron chi connectivity index (χ0n) is 10.6. The molecule has 1 aromatic rings. The summed E-state index contributed by atoms with van der Waals surface area (Å²) in [6.07, 6.45) is 1.74. The first kappa shape index (κ1) is 13.3. The standard InChI is InChI=1S/C13H18N2O2S/c1-9(2)15-8-11-6-12-10(7-14)4-3-5-13(12)18(11,16)17/h3-6,9,15H,7-8,14H2,1-2H3. The summed E-state index contributed by atoms with van der Waals surface area (Å²) in [5.74, 6) is 0. The lowest BCUT2D eigenvalue weighted by molar-refractivity contribution is 0.593. The van der Waals surface area contributed by atoms with E-state index in [9.17, 15) is 8.42 Å². The number of nitrogens with two attached hydrogens (primary N) is 1. The van der Waals surface area contributed by atoms with Crippen LogP contribution in [0.5, 0.6) is 0 Å². The molecule has 0 radical (unpaired) electrons. The van der Waals surface area contributed by atoms with E-state index >= 15 is 0 Å². The van der Waals surface area contributed by atoms with Crippen LogP contribution in [-0.2, 0) is 16.4 Å². The van der Waals surface area contributed by atoms with Gasteiger partial charge in [-0.3, -0.25) is 0 Å². The summed E-state index contributed by atoms with van der Waals surface area (Å²) in [4.78, 5) is 0.804. The average Bonchev–Trinajstić information content (AvgIpc) is 2.58. The number of hydrogen-bond donors (Lipinski definition) is 2. The Labute approximate surface area is 108 Å². The molecule has 1 heterocycles. The summed E-state index contributed by atoms with van der Waals surface area (Å²) in [5.41, 5.74) is 7.26. The van der Waals surface area contributed by atoms with Gasteiger partial charge in [0.1, 0.15) is 0 Å². The molecule has 98 valence electrons. The van der Waals surface area contributed by atoms with Gasteiger partial charge in [0.2, 0.25) is 9.84 Å². The van der Waals surface area contributed by atoms with Gasteiger partial charge in [0.05, 0.1) is 9.80 Å². The van der Waals surface area contributed by atoms with E-state index in [0.29, 0.717) is 22.9 Å². The molecular formula is C13H18N2O2S. The zero-order valence-corrected chi connectivity index (χ0v) is 11.4. The summed E-state index contributed by atoms with van der Waals surface area (Å²) in [7, 11) is -3.33. The van der Waals surface area contributed by atoms with Crippen molar-refractivity contribution in [3.8, 4) is 0 Å². The van der Waals surface area contributed by atoms with Crippen LogP contribution >= 0.6 is 0 Å². The molecule has 0 fully saturated rings. The third kappa shape index (κ3) is 2.21. The second kappa shape index (κ2) is 4.84. The molecule has 0 aromatic heterocycles. The maximum atomic E-state index is 12.3. The van der Waals surface area contributed by atoms with Crippen molar-refractivity contribution in [2.45, 2.75) is 31.3 Å². The number of rotatable bonds is 4. The van der Waals surface area contributed by atoms with Gasteiger partial charge in [0, 0.05) is 19.1 Å². The normalized spacial score (nSPS) is 16.8. The third-order valence-corrected chi connectivity index (χ3v) is 4.89. The SMILES string of the molecule is CC(C)NCC1=Cc2c(CN)cccc2S1(=O)=O. The Hall–Kier alpha value is -1.17. The minimum atomic E-state index is -3.33. The molecule has 5 heteroatoms. The Morgan fingerprint density at radius 3 is 2.67 bits per heavy atom. The molecule has 18 heavy (non-hydrogen) atoms. The average molecular weight is 266 g/mol. The Morgan fingerprint density at radius 2 is 2.06 bits per heavy atom. The van der Waals surface area contributed by atoms with Crippen LogP contribution in [0.15, 0.2) is 28.0 Å². The molecule has 1 aromatic carbocycles. The highest BCUT2D eigenvalue weighted by molar-refractivity contribution is 7.95. The minimum Gasteiger partial charge on any atom is -0.326 e. The monoisotopic (exact) mass is 266 g/mol. The lowest BCUT2D eigenvalue weighted by atomic mass is 10.1. The highest BCUT2D eigenvalue weighted by Gasteiger charge is 2.30. The van der Waals surface area contributed by atoms with Gasteiger partial charge in [-0.15, -0.1) is 0 Å². The molecule has 0 saturated carbocycles. The molecular weight excluding hydrogens is 248 g/mol. The van der Waals surface area contributed by atoms with Gasteiger partial charge in [-0.2, -0.15) is 0 Å². The molecule has 0 saturated heterocycles. The van der Waals surface area contributed by atoms with Gasteiger partial charge in [-0.25, -0.2) is 8.42 Å². The van der Waals surface area contributed by atoms with Crippen LogP contribution in [0, 0.1) is 0 Å². The molecule has 0 aliphatic carbocycles. The fourth-order valence-corrected chi connectivity index (χ4v) is 3.56. The van der Waals surface area contributed by atoms with Gasteiger partial charge in [0.25, 0.3) is 0 Å². The lowest BCUT2D eigenvalue weighted by Crippen LogP contribution is -2.26. The molecule has 0 spiro atoms. The molecule has 0 amide bonds. The summed E-state index contributed by atoms with van der Waals surface area (Å²) in [5, 5.41) is 3.14. The number of hydrogen-bond acceptors (Lipinski definition) is 4. The van der Waals surface area contributed by atoms with Crippen molar-refractivity contribution in [2.75, 3.05) is 6.54 Å². The molecule has 0 bridgehead atoms. The number of fused-ring (bicyclic) bond motifs is 1. The van der Waals surface area contributed by atoms with Crippen molar-refractivity contribution in [1.82, 2.24) is 5.32 Å². The molecule has 1 aliphatic heterocycles. The van der Waals surface area contributed by atoms with Crippen LogP contribution in [0.3, 0.4) is 0 Å². The highest BCUT2D eigenvalue weighted by Crippen LogP contribution is 2.34. The predicted molar refractivity (Wildman–Crippen MR) is 72.6 cm³/mol. The number of sulfone groups is 1. The van der Waals surface area contributed by atoms with Gasteiger partial charge < -0.3 is 11.1 Å². The first-order valence-corrected chi connectivity index (χ1v) is 7.46. The van der Waals surface area contributed by atoms with E-state index in [0.717, 1.165) is 11.1 Å². The lowest BCUT2D eigenvalue weighted by Gasteiger charge is -2.08. The minimum absolute atomic E-state index is 0.249. The van der Waals surface area contributed by atoms with Crippen LogP contribution in [0.4, 0.5) is 0 Å². The Morgan fingerprint density at radius 1 is 1.33 bits per heavy atom. The number of nitrogens with one attached hydrogen (secondary N) is 1. The fraction of sp³-hybridized carbons (Fsp3) is 0.385. The van der Waals surface area contributed by atoms with E-state index < -0.39 is 9.84 Å². The van der Waals surface area contributed by atoms with Crippen molar-refractivity contribution in [1.29, 1.82) is 0 Å². The summed E-state index contributed by atoms with van der Waals surface area (Å²) < 4.78 is 24.6. The van der Waals surface area contributed by atoms with E-state index in [1.165, 1.54) is 0 Å². The second-order valence-electron chi connectivity index (χ2n) is 4.68. The smallest absolute Gasteiger partial charge is 0.204 e. The van der Waals surface area contributed by atoms with Crippen molar-refractivity contribution in [3.05, 3.63) is 34.2 Å². The molecule has 3 N–H and O–H groups in total. The molecule has 0 unspecified atom stereocenters. The molecule has 2 rings (SSSR count). The highest BCUT2D eigenvalue weighted by atomic mass is 32.2. The molecule has 4 nitrogen and oxygen atoms in total. The van der Waals surface area contributed by atoms with E-state index in [-0.39, 0.29) is 6.04 Å². The Kier molecular flexibility index (Phi) is 3.56. The Bertz CT molecular complexity index is 589. The fourth-order valence-electron chi connectivity index (χ4n) is 2.00. The summed E-state index contributed by atoms with van der Waals surface area (Å²) in [6, 6.07) is 5.50. The van der Waals surface area contributed by atoms with E-state index in [1.54, 1.807) is 18.2 Å². The van der Waals surface area contributed by atoms with Crippen molar-refractivity contribution in [3.63, 3.8) is 0 Å². The summed E-state index contributed by atoms with van der Waals surface area (Å²) in [6.45, 7) is 4.68. The summed E-state index contributed by atoms with van der Waals surface area (Å²) >= 11 is 0. The Balaban J connectivity index is 2.42. The van der Waals surface area contributed by atoms with Crippen LogP contribution in [0.2, 0.25) is 0 Å². The third-order valence-electron chi connectivity index (χ3n) is 3.00. The largest absolute Gasteiger partial charge is 0.326 e. The van der Waals surface area contributed by atoms with Gasteiger partial charge >= 0.3 is 0 Å². The van der Waals surface area contributed by atoms with Crippen molar-refractivity contribution < 1.29 is 8.42 Å². The maximum Gasteiger partial charge on any atom is 0.204 e. The second-order valence-corrected chi connectivity index (χ2v) is 6.65. The van der Waals surface area contributed by atoms with Crippen LogP contribution < -0.4 is 11.1 Å². The van der Waals surface area contributed by atoms with E-state index in [1.807, 2.05) is 19.9 Å². The van der Waals surface area contributed by atoms with E-state index in [4.69, 9.17) is 5.73 Å². The predicted octanol–water partition coefficient (Wildman–Crippen LogP) is 1.27. The van der Waals surface area contributed by atoms with Crippen LogP contribution in [0.25, 0.3) is 6.08 Å². The zero-order chi connectivity index (χ0) is 13.3. The van der Waals surface area contributed by atoms with Gasteiger partial charge in [0.15, 0.2) is 0 Å². The maximum absolute atomic E-state index is 12.3. The van der Waals surface area contributed by atoms with Gasteiger partial charge in [-0.1, -0.05) is 26.0 Å². The van der Waals surface area contributed by atoms with Crippen LogP contribution in [0.1, 0.15) is 25.0 Å². The van der Waals surface area contributed by atoms with Crippen molar-refractivity contribution >= 4 is 15.9 Å². The first-order valence-electron chi connectivity index (χ1n) is 5.98. The quantitative estimate of drug-likeness (QED) is 0.861. The molecule has 1 aliphatic rings. The van der Waals surface area contributed by atoms with Crippen LogP contribution in [-0.4, -0.2) is 21.0 Å². The first-order chi connectivity index (χ1) is 8.46. The van der Waals surface area contributed by atoms with Crippen molar-refractivity contribution in [2.24, 2.45) is 5.73 Å².